The van der Waals surface area contributed by atoms with E-state index in [1.54, 1.807) is 14.0 Å². The molecule has 150 valence electrons. The monoisotopic (exact) mass is 392 g/mol. The summed E-state index contributed by atoms with van der Waals surface area (Å²) in [4.78, 5) is 12.5. The van der Waals surface area contributed by atoms with Crippen LogP contribution < -0.4 is 9.16 Å². The molecule has 1 atom stereocenters. The number of benzene rings is 1. The molecule has 0 fully saturated rings. The fourth-order valence-electron chi connectivity index (χ4n) is 2.90. The molecule has 1 unspecified atom stereocenters. The van der Waals surface area contributed by atoms with E-state index in [0.29, 0.717) is 28.2 Å². The Morgan fingerprint density at radius 1 is 1.33 bits per heavy atom. The van der Waals surface area contributed by atoms with Gasteiger partial charge in [0, 0.05) is 17.5 Å². The summed E-state index contributed by atoms with van der Waals surface area (Å²) < 4.78 is 17.6. The van der Waals surface area contributed by atoms with Gasteiger partial charge in [0.1, 0.15) is 23.7 Å². The minimum Gasteiger partial charge on any atom is -0.543 e. The topological polar surface area (TPSA) is 65.0 Å². The Morgan fingerprint density at radius 3 is 2.41 bits per heavy atom. The van der Waals surface area contributed by atoms with Crippen LogP contribution in [-0.4, -0.2) is 32.6 Å². The van der Waals surface area contributed by atoms with Gasteiger partial charge in [0.05, 0.1) is 13.2 Å². The lowest BCUT2D eigenvalue weighted by Crippen LogP contribution is -2.44. The minimum absolute atomic E-state index is 0.0508. The van der Waals surface area contributed by atoms with Crippen LogP contribution in [0, 0.1) is 6.92 Å². The first-order valence-corrected chi connectivity index (χ1v) is 12.1. The highest BCUT2D eigenvalue weighted by Crippen LogP contribution is 2.46. The zero-order chi connectivity index (χ0) is 20.7. The molecule has 0 saturated carbocycles. The summed E-state index contributed by atoms with van der Waals surface area (Å²) in [5.74, 6) is 0.762. The van der Waals surface area contributed by atoms with Gasteiger partial charge in [0.25, 0.3) is 8.32 Å². The summed E-state index contributed by atoms with van der Waals surface area (Å²) in [6.07, 6.45) is -0.486. The molecule has 1 heterocycles. The Kier molecular flexibility index (Phi) is 5.83. The van der Waals surface area contributed by atoms with Crippen molar-refractivity contribution < 1.29 is 23.8 Å². The number of methoxy groups -OCH3 is 1. The maximum Gasteiger partial charge on any atom is 0.342 e. The Balaban J connectivity index is 2.76. The van der Waals surface area contributed by atoms with Gasteiger partial charge < -0.3 is 19.0 Å². The zero-order valence-electron chi connectivity index (χ0n) is 17.8. The Bertz CT molecular complexity index is 774. The number of cyclic esters (lactones) is 1. The van der Waals surface area contributed by atoms with Gasteiger partial charge in [0.15, 0.2) is 0 Å². The third-order valence-corrected chi connectivity index (χ3v) is 10.1. The third kappa shape index (κ3) is 3.92. The predicted molar refractivity (Wildman–Crippen MR) is 109 cm³/mol. The fraction of sp³-hybridized carbons (Fsp3) is 0.571. The molecule has 0 amide bonds. The molecule has 1 aliphatic heterocycles. The third-order valence-electron chi connectivity index (χ3n) is 5.76. The first-order chi connectivity index (χ1) is 12.3. The number of aliphatic hydroxyl groups is 1. The molecule has 0 aliphatic carbocycles. The lowest BCUT2D eigenvalue weighted by atomic mass is 9.93. The molecule has 1 N–H and O–H groups in total. The molecule has 0 radical (unpaired) electrons. The van der Waals surface area contributed by atoms with E-state index in [1.165, 1.54) is 0 Å². The fourth-order valence-corrected chi connectivity index (χ4v) is 3.94. The number of aliphatic hydroxyl groups excluding tert-OH is 1. The minimum atomic E-state index is -2.25. The predicted octanol–water partition coefficient (Wildman–Crippen LogP) is 4.54. The molecule has 1 aliphatic rings. The summed E-state index contributed by atoms with van der Waals surface area (Å²) in [5, 5.41) is 10.4. The first kappa shape index (κ1) is 21.5. The number of carbonyl (C=O) groups is 1. The number of carbonyl (C=O) groups excluding carboxylic acids is 1. The van der Waals surface area contributed by atoms with Crippen molar-refractivity contribution in [2.75, 3.05) is 7.11 Å². The summed E-state index contributed by atoms with van der Waals surface area (Å²) in [6, 6.07) is 0. The normalized spacial score (nSPS) is 15.2. The van der Waals surface area contributed by atoms with Crippen molar-refractivity contribution in [3.8, 4) is 11.5 Å². The van der Waals surface area contributed by atoms with Crippen LogP contribution in [0.15, 0.2) is 12.2 Å². The van der Waals surface area contributed by atoms with Crippen LogP contribution in [0.5, 0.6) is 11.5 Å². The summed E-state index contributed by atoms with van der Waals surface area (Å²) in [7, 11) is -0.652. The van der Waals surface area contributed by atoms with Crippen LogP contribution in [0.4, 0.5) is 0 Å². The molecule has 6 heteroatoms. The standard InChI is InChI=1S/C21H32O5Si/c1-12(2)16(22)10-14-18(24-7)13(3)15-11-25-20(23)17(15)19(14)26-27(8,9)21(4,5)6/h16,22H,1,10-11H2,2-9H3. The van der Waals surface area contributed by atoms with Crippen LogP contribution in [-0.2, 0) is 17.8 Å². The molecular weight excluding hydrogens is 360 g/mol. The van der Waals surface area contributed by atoms with E-state index in [1.807, 2.05) is 6.92 Å². The Morgan fingerprint density at radius 2 is 1.93 bits per heavy atom. The number of fused-ring (bicyclic) bond motifs is 1. The van der Waals surface area contributed by atoms with Gasteiger partial charge in [0.2, 0.25) is 0 Å². The summed E-state index contributed by atoms with van der Waals surface area (Å²) >= 11 is 0. The van der Waals surface area contributed by atoms with Crippen LogP contribution in [0.25, 0.3) is 0 Å². The Labute approximate surface area is 163 Å². The highest BCUT2D eigenvalue weighted by Gasteiger charge is 2.42. The van der Waals surface area contributed by atoms with E-state index < -0.39 is 14.4 Å². The number of esters is 1. The second kappa shape index (κ2) is 7.32. The van der Waals surface area contributed by atoms with E-state index >= 15 is 0 Å². The van der Waals surface area contributed by atoms with Gasteiger partial charge in [-0.2, -0.15) is 0 Å². The van der Waals surface area contributed by atoms with Crippen molar-refractivity contribution in [3.05, 3.63) is 34.4 Å². The molecule has 5 nitrogen and oxygen atoms in total. The van der Waals surface area contributed by atoms with Gasteiger partial charge in [-0.1, -0.05) is 32.9 Å². The van der Waals surface area contributed by atoms with E-state index in [2.05, 4.69) is 40.4 Å². The van der Waals surface area contributed by atoms with Gasteiger partial charge in [-0.15, -0.1) is 0 Å². The maximum absolute atomic E-state index is 12.5. The first-order valence-electron chi connectivity index (χ1n) is 9.23. The van der Waals surface area contributed by atoms with Crippen LogP contribution >= 0.6 is 0 Å². The van der Waals surface area contributed by atoms with Gasteiger partial charge >= 0.3 is 5.97 Å². The number of rotatable bonds is 6. The van der Waals surface area contributed by atoms with E-state index in [9.17, 15) is 9.90 Å². The summed E-state index contributed by atoms with van der Waals surface area (Å²) in [5.41, 5.74) is 3.48. The van der Waals surface area contributed by atoms with E-state index in [-0.39, 0.29) is 24.0 Å². The highest BCUT2D eigenvalue weighted by molar-refractivity contribution is 6.74. The van der Waals surface area contributed by atoms with Crippen molar-refractivity contribution in [3.63, 3.8) is 0 Å². The number of hydrogen-bond donors (Lipinski definition) is 1. The molecule has 1 aromatic carbocycles. The maximum atomic E-state index is 12.5. The highest BCUT2D eigenvalue weighted by atomic mass is 28.4. The van der Waals surface area contributed by atoms with E-state index in [4.69, 9.17) is 13.9 Å². The molecule has 0 bridgehead atoms. The average Bonchev–Trinajstić information content (AvgIpc) is 2.92. The largest absolute Gasteiger partial charge is 0.543 e. The number of ether oxygens (including phenoxy) is 2. The van der Waals surface area contributed by atoms with E-state index in [0.717, 1.165) is 11.1 Å². The lowest BCUT2D eigenvalue weighted by Gasteiger charge is -2.38. The van der Waals surface area contributed by atoms with Crippen LogP contribution in [0.3, 0.4) is 0 Å². The average molecular weight is 393 g/mol. The van der Waals surface area contributed by atoms with Gasteiger partial charge in [-0.25, -0.2) is 4.79 Å². The second-order valence-electron chi connectivity index (χ2n) is 8.82. The molecule has 0 aromatic heterocycles. The van der Waals surface area contributed by atoms with Crippen LogP contribution in [0.1, 0.15) is 54.7 Å². The SMILES string of the molecule is C=C(C)C(O)Cc1c(OC)c(C)c2c(c1O[Si](C)(C)C(C)(C)C)C(=O)OC2. The molecule has 0 saturated heterocycles. The quantitative estimate of drug-likeness (QED) is 0.437. The van der Waals surface area contributed by atoms with Crippen molar-refractivity contribution in [1.82, 2.24) is 0 Å². The van der Waals surface area contributed by atoms with Crippen molar-refractivity contribution in [2.24, 2.45) is 0 Å². The zero-order valence-corrected chi connectivity index (χ0v) is 18.8. The van der Waals surface area contributed by atoms with Crippen molar-refractivity contribution in [1.29, 1.82) is 0 Å². The molecule has 2 rings (SSSR count). The molecular formula is C21H32O5Si. The summed E-state index contributed by atoms with van der Waals surface area (Å²) in [6.45, 7) is 18.4. The molecule has 0 spiro atoms. The number of hydrogen-bond acceptors (Lipinski definition) is 5. The van der Waals surface area contributed by atoms with Crippen LogP contribution in [0.2, 0.25) is 18.1 Å². The lowest BCUT2D eigenvalue weighted by molar-refractivity contribution is 0.0533. The molecule has 27 heavy (non-hydrogen) atoms. The van der Waals surface area contributed by atoms with Crippen molar-refractivity contribution >= 4 is 14.3 Å². The van der Waals surface area contributed by atoms with Gasteiger partial charge in [-0.05, 0) is 37.5 Å². The molecule has 1 aromatic rings. The smallest absolute Gasteiger partial charge is 0.342 e. The Hall–Kier alpha value is -1.79. The van der Waals surface area contributed by atoms with Gasteiger partial charge in [-0.3, -0.25) is 0 Å². The second-order valence-corrected chi connectivity index (χ2v) is 13.5. The van der Waals surface area contributed by atoms with Crippen molar-refractivity contribution in [2.45, 2.75) is 71.9 Å².